The summed E-state index contributed by atoms with van der Waals surface area (Å²) in [5, 5.41) is 11.9. The summed E-state index contributed by atoms with van der Waals surface area (Å²) in [6, 6.07) is 18.1. The molecule has 1 heterocycles. The Balaban J connectivity index is 1.70. The van der Waals surface area contributed by atoms with Crippen LogP contribution in [0.5, 0.6) is 0 Å². The van der Waals surface area contributed by atoms with Gasteiger partial charge in [-0.15, -0.1) is 5.10 Å². The molecule has 5 nitrogen and oxygen atoms in total. The molecule has 2 aromatic carbocycles. The van der Waals surface area contributed by atoms with Gasteiger partial charge in [0.05, 0.1) is 0 Å². The highest BCUT2D eigenvalue weighted by molar-refractivity contribution is 5.70. The van der Waals surface area contributed by atoms with E-state index in [9.17, 15) is 0 Å². The molecule has 0 aliphatic rings. The van der Waals surface area contributed by atoms with Gasteiger partial charge in [-0.05, 0) is 41.0 Å². The maximum atomic E-state index is 5.99. The molecule has 21 heavy (non-hydrogen) atoms. The summed E-state index contributed by atoms with van der Waals surface area (Å²) < 4.78 is 1.81. The zero-order chi connectivity index (χ0) is 14.5. The molecule has 0 fully saturated rings. The van der Waals surface area contributed by atoms with Crippen molar-refractivity contribution in [1.29, 1.82) is 0 Å². The first-order valence-electron chi connectivity index (χ1n) is 6.99. The molecule has 0 spiro atoms. The highest BCUT2D eigenvalue weighted by Crippen LogP contribution is 2.22. The summed E-state index contributed by atoms with van der Waals surface area (Å²) in [6.07, 6.45) is 1.99. The zero-order valence-electron chi connectivity index (χ0n) is 11.7. The number of nitrogen functional groups attached to an aromatic ring is 1. The van der Waals surface area contributed by atoms with Crippen molar-refractivity contribution in [2.45, 2.75) is 19.4 Å². The van der Waals surface area contributed by atoms with E-state index >= 15 is 0 Å². The fourth-order valence-corrected chi connectivity index (χ4v) is 2.33. The molecule has 5 heteroatoms. The number of hydrogen-bond donors (Lipinski definition) is 1. The van der Waals surface area contributed by atoms with Crippen LogP contribution in [0, 0.1) is 0 Å². The van der Waals surface area contributed by atoms with Crippen LogP contribution >= 0.6 is 0 Å². The first-order chi connectivity index (χ1) is 10.3. The van der Waals surface area contributed by atoms with Gasteiger partial charge < -0.3 is 5.73 Å². The SMILES string of the molecule is Nc1ccccc1-c1nnnn1CCCc1ccccc1. The van der Waals surface area contributed by atoms with E-state index in [1.54, 1.807) is 0 Å². The highest BCUT2D eigenvalue weighted by atomic mass is 15.5. The Morgan fingerprint density at radius 3 is 2.52 bits per heavy atom. The second-order valence-corrected chi connectivity index (χ2v) is 4.90. The molecule has 0 unspecified atom stereocenters. The third kappa shape index (κ3) is 3.08. The van der Waals surface area contributed by atoms with Gasteiger partial charge in [0.2, 0.25) is 0 Å². The molecule has 3 rings (SSSR count). The number of anilines is 1. The van der Waals surface area contributed by atoms with Gasteiger partial charge >= 0.3 is 0 Å². The lowest BCUT2D eigenvalue weighted by molar-refractivity contribution is 0.563. The third-order valence-electron chi connectivity index (χ3n) is 3.41. The minimum atomic E-state index is 0.691. The van der Waals surface area contributed by atoms with Gasteiger partial charge in [-0.25, -0.2) is 4.68 Å². The Labute approximate surface area is 123 Å². The largest absolute Gasteiger partial charge is 0.398 e. The topological polar surface area (TPSA) is 69.6 Å². The fraction of sp³-hybridized carbons (Fsp3) is 0.188. The van der Waals surface area contributed by atoms with Crippen molar-refractivity contribution in [3.8, 4) is 11.4 Å². The lowest BCUT2D eigenvalue weighted by Crippen LogP contribution is -2.05. The van der Waals surface area contributed by atoms with E-state index in [1.807, 2.05) is 35.0 Å². The van der Waals surface area contributed by atoms with E-state index in [2.05, 4.69) is 39.8 Å². The lowest BCUT2D eigenvalue weighted by atomic mass is 10.1. The lowest BCUT2D eigenvalue weighted by Gasteiger charge is -2.06. The summed E-state index contributed by atoms with van der Waals surface area (Å²) in [6.45, 7) is 0.769. The number of nitrogens with two attached hydrogens (primary N) is 1. The normalized spacial score (nSPS) is 10.7. The van der Waals surface area contributed by atoms with Gasteiger partial charge in [0.1, 0.15) is 0 Å². The van der Waals surface area contributed by atoms with Crippen LogP contribution in [-0.4, -0.2) is 20.2 Å². The van der Waals surface area contributed by atoms with Crippen LogP contribution in [0.15, 0.2) is 54.6 Å². The maximum Gasteiger partial charge on any atom is 0.184 e. The number of rotatable bonds is 5. The number of aryl methyl sites for hydroxylation is 2. The van der Waals surface area contributed by atoms with Gasteiger partial charge in [-0.2, -0.15) is 0 Å². The molecule has 106 valence electrons. The van der Waals surface area contributed by atoms with Crippen molar-refractivity contribution in [3.63, 3.8) is 0 Å². The number of hydrogen-bond acceptors (Lipinski definition) is 4. The Morgan fingerprint density at radius 2 is 1.71 bits per heavy atom. The maximum absolute atomic E-state index is 5.99. The number of benzene rings is 2. The molecule has 0 amide bonds. The van der Waals surface area contributed by atoms with Crippen molar-refractivity contribution >= 4 is 5.69 Å². The van der Waals surface area contributed by atoms with E-state index in [0.29, 0.717) is 5.69 Å². The second kappa shape index (κ2) is 6.17. The van der Waals surface area contributed by atoms with Gasteiger partial charge in [0.15, 0.2) is 5.82 Å². The average molecular weight is 279 g/mol. The summed E-state index contributed by atoms with van der Waals surface area (Å²) in [7, 11) is 0. The number of para-hydroxylation sites is 1. The quantitative estimate of drug-likeness (QED) is 0.729. The van der Waals surface area contributed by atoms with E-state index in [-0.39, 0.29) is 0 Å². The number of tetrazole rings is 1. The predicted octanol–water partition coefficient (Wildman–Crippen LogP) is 2.56. The van der Waals surface area contributed by atoms with Crippen molar-refractivity contribution < 1.29 is 0 Å². The van der Waals surface area contributed by atoms with Gasteiger partial charge in [-0.1, -0.05) is 42.5 Å². The van der Waals surface area contributed by atoms with Crippen LogP contribution in [-0.2, 0) is 13.0 Å². The number of aromatic nitrogens is 4. The molecule has 0 saturated heterocycles. The third-order valence-corrected chi connectivity index (χ3v) is 3.41. The van der Waals surface area contributed by atoms with Gasteiger partial charge in [0, 0.05) is 17.8 Å². The van der Waals surface area contributed by atoms with Crippen molar-refractivity contribution in [2.24, 2.45) is 0 Å². The van der Waals surface area contributed by atoms with Crippen LogP contribution in [0.4, 0.5) is 5.69 Å². The fourth-order valence-electron chi connectivity index (χ4n) is 2.33. The van der Waals surface area contributed by atoms with Crippen LogP contribution in [0.1, 0.15) is 12.0 Å². The van der Waals surface area contributed by atoms with Gasteiger partial charge in [0.25, 0.3) is 0 Å². The number of nitrogens with zero attached hydrogens (tertiary/aromatic N) is 4. The molecule has 3 aromatic rings. The van der Waals surface area contributed by atoms with Gasteiger partial charge in [-0.3, -0.25) is 0 Å². The molecule has 0 radical (unpaired) electrons. The Morgan fingerprint density at radius 1 is 0.952 bits per heavy atom. The molecular formula is C16H17N5. The molecule has 0 saturated carbocycles. The minimum Gasteiger partial charge on any atom is -0.398 e. The molecule has 0 bridgehead atoms. The molecule has 2 N–H and O–H groups in total. The first kappa shape index (κ1) is 13.3. The van der Waals surface area contributed by atoms with Crippen molar-refractivity contribution in [2.75, 3.05) is 5.73 Å². The van der Waals surface area contributed by atoms with E-state index < -0.39 is 0 Å². The summed E-state index contributed by atoms with van der Waals surface area (Å²) in [5.74, 6) is 0.723. The highest BCUT2D eigenvalue weighted by Gasteiger charge is 2.10. The molecule has 0 aliphatic carbocycles. The Kier molecular flexibility index (Phi) is 3.91. The average Bonchev–Trinajstić information content (AvgIpc) is 2.97. The Hall–Kier alpha value is -2.69. The predicted molar refractivity (Wildman–Crippen MR) is 82.4 cm³/mol. The summed E-state index contributed by atoms with van der Waals surface area (Å²) >= 11 is 0. The van der Waals surface area contributed by atoms with Crippen LogP contribution in [0.2, 0.25) is 0 Å². The van der Waals surface area contributed by atoms with Crippen molar-refractivity contribution in [3.05, 3.63) is 60.2 Å². The minimum absolute atomic E-state index is 0.691. The molecule has 1 aromatic heterocycles. The first-order valence-corrected chi connectivity index (χ1v) is 6.99. The second-order valence-electron chi connectivity index (χ2n) is 4.90. The van der Waals surface area contributed by atoms with E-state index in [1.165, 1.54) is 5.56 Å². The van der Waals surface area contributed by atoms with Crippen molar-refractivity contribution in [1.82, 2.24) is 20.2 Å². The van der Waals surface area contributed by atoms with Crippen LogP contribution in [0.25, 0.3) is 11.4 Å². The zero-order valence-corrected chi connectivity index (χ0v) is 11.7. The van der Waals surface area contributed by atoms with Crippen LogP contribution in [0.3, 0.4) is 0 Å². The summed E-state index contributed by atoms with van der Waals surface area (Å²) in [4.78, 5) is 0. The van der Waals surface area contributed by atoms with E-state index in [4.69, 9.17) is 5.73 Å². The molecule has 0 atom stereocenters. The Bertz CT molecular complexity index is 705. The monoisotopic (exact) mass is 279 g/mol. The molecule has 0 aliphatic heterocycles. The van der Waals surface area contributed by atoms with Crippen LogP contribution < -0.4 is 5.73 Å². The standard InChI is InChI=1S/C16H17N5/c17-15-11-5-4-10-14(15)16-18-19-20-21(16)12-6-9-13-7-2-1-3-8-13/h1-5,7-8,10-11H,6,9,12,17H2. The molecular weight excluding hydrogens is 262 g/mol. The van der Waals surface area contributed by atoms with E-state index in [0.717, 1.165) is 30.8 Å². The summed E-state index contributed by atoms with van der Waals surface area (Å²) in [5.41, 5.74) is 8.89. The smallest absolute Gasteiger partial charge is 0.184 e.